The van der Waals surface area contributed by atoms with Crippen molar-refractivity contribution < 1.29 is 23.5 Å². The van der Waals surface area contributed by atoms with Crippen molar-refractivity contribution >= 4 is 59.2 Å². The Morgan fingerprint density at radius 1 is 1.13 bits per heavy atom. The monoisotopic (exact) mass is 685 g/mol. The lowest BCUT2D eigenvalue weighted by Crippen LogP contribution is -2.53. The van der Waals surface area contributed by atoms with Crippen molar-refractivity contribution in [1.82, 2.24) is 9.88 Å². The lowest BCUT2D eigenvalue weighted by atomic mass is 9.91. The van der Waals surface area contributed by atoms with Crippen LogP contribution in [-0.4, -0.2) is 74.3 Å². The molecule has 2 atom stereocenters. The van der Waals surface area contributed by atoms with E-state index in [2.05, 4.69) is 56.7 Å². The fourth-order valence-corrected chi connectivity index (χ4v) is 8.69. The summed E-state index contributed by atoms with van der Waals surface area (Å²) in [6.45, 7) is 20.9. The summed E-state index contributed by atoms with van der Waals surface area (Å²) in [5.41, 5.74) is 3.85. The minimum atomic E-state index is -2.09. The van der Waals surface area contributed by atoms with Crippen LogP contribution in [-0.2, 0) is 20.3 Å². The van der Waals surface area contributed by atoms with Crippen molar-refractivity contribution in [2.24, 2.45) is 0 Å². The molecule has 1 saturated heterocycles. The van der Waals surface area contributed by atoms with Crippen LogP contribution in [0.25, 0.3) is 21.3 Å². The van der Waals surface area contributed by atoms with Gasteiger partial charge in [-0.05, 0) is 94.9 Å². The molecule has 2 aromatic heterocycles. The number of amides is 1. The van der Waals surface area contributed by atoms with Crippen LogP contribution in [0.15, 0.2) is 30.5 Å². The normalized spacial score (nSPS) is 20.6. The van der Waals surface area contributed by atoms with E-state index in [0.29, 0.717) is 23.1 Å². The number of methoxy groups -OCH3 is 1. The Balaban J connectivity index is 1.57. The lowest BCUT2D eigenvalue weighted by molar-refractivity contribution is 0.00114. The van der Waals surface area contributed by atoms with Gasteiger partial charge in [0, 0.05) is 47.2 Å². The molecule has 4 heterocycles. The minimum Gasteiger partial charge on any atom is -0.465 e. The van der Waals surface area contributed by atoms with E-state index in [4.69, 9.17) is 25.5 Å². The number of aromatic nitrogens is 1. The quantitative estimate of drug-likeness (QED) is 0.189. The van der Waals surface area contributed by atoms with E-state index in [1.54, 1.807) is 12.3 Å². The summed E-state index contributed by atoms with van der Waals surface area (Å²) in [5.74, 6) is -0.379. The van der Waals surface area contributed by atoms with Gasteiger partial charge >= 0.3 is 12.1 Å². The molecule has 0 N–H and O–H groups in total. The van der Waals surface area contributed by atoms with Gasteiger partial charge in [0.15, 0.2) is 8.32 Å². The maximum atomic E-state index is 13.8. The maximum Gasteiger partial charge on any atom is 0.410 e. The van der Waals surface area contributed by atoms with Crippen LogP contribution in [0.1, 0.15) is 76.5 Å². The van der Waals surface area contributed by atoms with E-state index in [-0.39, 0.29) is 23.1 Å². The van der Waals surface area contributed by atoms with Crippen molar-refractivity contribution in [3.63, 3.8) is 0 Å². The summed E-state index contributed by atoms with van der Waals surface area (Å²) in [4.78, 5) is 35.7. The topological polar surface area (TPSA) is 81.2 Å². The van der Waals surface area contributed by atoms with Gasteiger partial charge in [-0.1, -0.05) is 32.4 Å². The molecule has 0 bridgehead atoms. The first-order valence-electron chi connectivity index (χ1n) is 16.0. The molecule has 0 saturated carbocycles. The SMILES string of the molecule is COC(=O)c1cc2nccc(-c3cc(Cl)cc4c3N([C@@H]3CN(C(=O)OC(C)(C)C)[C@](C)(CO[Si](C)(C)C(C)(C)C)C3)CCC4)c2s1. The second-order valence-electron chi connectivity index (χ2n) is 15.4. The number of thiophene rings is 1. The zero-order chi connectivity index (χ0) is 33.8. The van der Waals surface area contributed by atoms with Gasteiger partial charge in [0.25, 0.3) is 0 Å². The first-order valence-corrected chi connectivity index (χ1v) is 20.1. The molecule has 0 aliphatic carbocycles. The van der Waals surface area contributed by atoms with Gasteiger partial charge < -0.3 is 18.8 Å². The van der Waals surface area contributed by atoms with Crippen molar-refractivity contribution in [2.45, 2.75) is 103 Å². The molecule has 3 aromatic rings. The van der Waals surface area contributed by atoms with Crippen LogP contribution in [0, 0.1) is 0 Å². The van der Waals surface area contributed by atoms with E-state index < -0.39 is 19.5 Å². The number of rotatable bonds is 6. The average Bonchev–Trinajstić information content (AvgIpc) is 3.55. The molecular formula is C35H48ClN3O5SSi. The highest BCUT2D eigenvalue weighted by Crippen LogP contribution is 2.47. The molecule has 0 radical (unpaired) electrons. The molecule has 8 nitrogen and oxygen atoms in total. The number of pyridine rings is 1. The third kappa shape index (κ3) is 6.82. The summed E-state index contributed by atoms with van der Waals surface area (Å²) in [6, 6.07) is 7.90. The van der Waals surface area contributed by atoms with Gasteiger partial charge in [0.2, 0.25) is 0 Å². The number of fused-ring (bicyclic) bond motifs is 2. The van der Waals surface area contributed by atoms with Crippen molar-refractivity contribution in [1.29, 1.82) is 0 Å². The maximum absolute atomic E-state index is 13.8. The molecule has 11 heteroatoms. The Hall–Kier alpha value is -2.66. The average molecular weight is 686 g/mol. The molecule has 2 aliphatic heterocycles. The van der Waals surface area contributed by atoms with Crippen LogP contribution in [0.4, 0.5) is 10.5 Å². The zero-order valence-electron chi connectivity index (χ0n) is 28.9. The Morgan fingerprint density at radius 2 is 1.85 bits per heavy atom. The smallest absolute Gasteiger partial charge is 0.410 e. The van der Waals surface area contributed by atoms with Gasteiger partial charge in [-0.3, -0.25) is 9.88 Å². The standard InChI is InChI=1S/C35H48ClN3O5SSi/c1-33(2,3)44-32(41)39-20-24(19-35(39,7)21-43-46(9,10)34(4,5)6)38-15-11-12-22-16-23(36)17-26(29(22)38)25-13-14-37-27-18-28(31(40)42-8)45-30(25)27/h13-14,16-18,24H,11-12,15,19-21H2,1-10H3/t24-,35-/m0/s1. The summed E-state index contributed by atoms with van der Waals surface area (Å²) in [6.07, 6.45) is 4.08. The molecule has 1 amide bonds. The van der Waals surface area contributed by atoms with Gasteiger partial charge in [-0.15, -0.1) is 11.3 Å². The number of anilines is 1. The van der Waals surface area contributed by atoms with Crippen LogP contribution >= 0.6 is 22.9 Å². The molecule has 0 unspecified atom stereocenters. The lowest BCUT2D eigenvalue weighted by Gasteiger charge is -2.42. The van der Waals surface area contributed by atoms with E-state index in [1.807, 2.05) is 37.8 Å². The van der Waals surface area contributed by atoms with Crippen LogP contribution in [0.5, 0.6) is 0 Å². The second kappa shape index (κ2) is 12.4. The predicted octanol–water partition coefficient (Wildman–Crippen LogP) is 8.95. The molecule has 1 aromatic carbocycles. The number of hydrogen-bond acceptors (Lipinski definition) is 8. The largest absolute Gasteiger partial charge is 0.465 e. The van der Waals surface area contributed by atoms with E-state index in [9.17, 15) is 9.59 Å². The number of aryl methyl sites for hydroxylation is 1. The zero-order valence-corrected chi connectivity index (χ0v) is 31.4. The van der Waals surface area contributed by atoms with E-state index in [1.165, 1.54) is 24.0 Å². The molecule has 2 aliphatic rings. The second-order valence-corrected chi connectivity index (χ2v) is 21.7. The minimum absolute atomic E-state index is 0.0332. The Bertz CT molecular complexity index is 1650. The highest BCUT2D eigenvalue weighted by atomic mass is 35.5. The molecule has 5 rings (SSSR count). The Morgan fingerprint density at radius 3 is 2.50 bits per heavy atom. The Labute approximate surface area is 283 Å². The van der Waals surface area contributed by atoms with Crippen LogP contribution in [0.2, 0.25) is 23.2 Å². The fourth-order valence-electron chi connectivity index (χ4n) is 6.28. The first kappa shape index (κ1) is 34.7. The molecular weight excluding hydrogens is 638 g/mol. The van der Waals surface area contributed by atoms with Crippen LogP contribution < -0.4 is 4.90 Å². The van der Waals surface area contributed by atoms with Gasteiger partial charge in [0.05, 0.1) is 29.5 Å². The summed E-state index contributed by atoms with van der Waals surface area (Å²) in [7, 11) is -0.701. The number of ether oxygens (including phenoxy) is 2. The summed E-state index contributed by atoms with van der Waals surface area (Å²) in [5, 5.41) is 0.712. The number of hydrogen-bond donors (Lipinski definition) is 0. The number of esters is 1. The summed E-state index contributed by atoms with van der Waals surface area (Å²) < 4.78 is 18.7. The number of halogens is 1. The van der Waals surface area contributed by atoms with Crippen molar-refractivity contribution in [3.05, 3.63) is 45.9 Å². The van der Waals surface area contributed by atoms with Gasteiger partial charge in [-0.25, -0.2) is 9.59 Å². The first-order chi connectivity index (χ1) is 21.3. The number of benzene rings is 1. The highest BCUT2D eigenvalue weighted by Gasteiger charge is 2.50. The Kier molecular flexibility index (Phi) is 9.36. The van der Waals surface area contributed by atoms with Crippen LogP contribution in [0.3, 0.4) is 0 Å². The van der Waals surface area contributed by atoms with Gasteiger partial charge in [0.1, 0.15) is 10.5 Å². The number of nitrogens with zero attached hydrogens (tertiary/aromatic N) is 3. The van der Waals surface area contributed by atoms with Crippen molar-refractivity contribution in [2.75, 3.05) is 31.7 Å². The number of likely N-dealkylation sites (tertiary alicyclic amines) is 1. The molecule has 46 heavy (non-hydrogen) atoms. The third-order valence-electron chi connectivity index (χ3n) is 9.70. The fraction of sp³-hybridized carbons (Fsp3) is 0.571. The van der Waals surface area contributed by atoms with E-state index in [0.717, 1.165) is 52.8 Å². The third-order valence-corrected chi connectivity index (χ3v) is 15.5. The number of carbonyl (C=O) groups excluding carboxylic acids is 2. The summed E-state index contributed by atoms with van der Waals surface area (Å²) >= 11 is 8.15. The van der Waals surface area contributed by atoms with Crippen molar-refractivity contribution in [3.8, 4) is 11.1 Å². The molecule has 1 fully saturated rings. The molecule has 0 spiro atoms. The van der Waals surface area contributed by atoms with Gasteiger partial charge in [-0.2, -0.15) is 0 Å². The predicted molar refractivity (Wildman–Crippen MR) is 190 cm³/mol. The molecule has 250 valence electrons. The number of carbonyl (C=O) groups is 2. The van der Waals surface area contributed by atoms with E-state index >= 15 is 0 Å². The highest BCUT2D eigenvalue weighted by molar-refractivity contribution is 7.21.